The maximum Gasteiger partial charge on any atom is 0.290 e. The molecule has 118 valence electrons. The Kier molecular flexibility index (Phi) is 4.02. The monoisotopic (exact) mass is 304 g/mol. The van der Waals surface area contributed by atoms with E-state index in [4.69, 9.17) is 4.42 Å². The molecule has 1 unspecified atom stereocenters. The molecule has 0 spiro atoms. The summed E-state index contributed by atoms with van der Waals surface area (Å²) in [6, 6.07) is 2.82. The molecule has 2 aliphatic rings. The number of amides is 1. The molecule has 1 atom stereocenters. The number of carbonyl (C=O) groups excluding carboxylic acids is 2. The number of furan rings is 1. The molecule has 22 heavy (non-hydrogen) atoms. The van der Waals surface area contributed by atoms with Gasteiger partial charge < -0.3 is 19.3 Å². The molecule has 0 radical (unpaired) electrons. The van der Waals surface area contributed by atoms with E-state index in [2.05, 4.69) is 4.90 Å². The summed E-state index contributed by atoms with van der Waals surface area (Å²) in [6.45, 7) is 4.63. The van der Waals surface area contributed by atoms with Gasteiger partial charge in [0.15, 0.2) is 11.5 Å². The SMILES string of the molecule is CC(=O)C1=C(O)C(=O)N(CCN2CCCC2)C1c1ccco1. The molecule has 0 saturated carbocycles. The molecular weight excluding hydrogens is 284 g/mol. The lowest BCUT2D eigenvalue weighted by Gasteiger charge is -2.26. The van der Waals surface area contributed by atoms with Crippen molar-refractivity contribution in [1.82, 2.24) is 9.80 Å². The Balaban J connectivity index is 1.84. The Morgan fingerprint density at radius 3 is 2.68 bits per heavy atom. The predicted molar refractivity (Wildman–Crippen MR) is 79.2 cm³/mol. The molecule has 1 aromatic heterocycles. The van der Waals surface area contributed by atoms with Gasteiger partial charge in [0, 0.05) is 13.1 Å². The van der Waals surface area contributed by atoms with E-state index in [1.54, 1.807) is 12.1 Å². The number of nitrogens with zero attached hydrogens (tertiary/aromatic N) is 2. The average molecular weight is 304 g/mol. The summed E-state index contributed by atoms with van der Waals surface area (Å²) in [6.07, 6.45) is 3.86. The van der Waals surface area contributed by atoms with Gasteiger partial charge in [-0.15, -0.1) is 0 Å². The van der Waals surface area contributed by atoms with Gasteiger partial charge in [0.2, 0.25) is 0 Å². The predicted octanol–water partition coefficient (Wildman–Crippen LogP) is 1.66. The van der Waals surface area contributed by atoms with Gasteiger partial charge in [0.1, 0.15) is 11.8 Å². The lowest BCUT2D eigenvalue weighted by molar-refractivity contribution is -0.129. The van der Waals surface area contributed by atoms with Gasteiger partial charge in [-0.2, -0.15) is 0 Å². The fraction of sp³-hybridized carbons (Fsp3) is 0.500. The maximum atomic E-state index is 12.3. The summed E-state index contributed by atoms with van der Waals surface area (Å²) in [5.74, 6) is -0.749. The fourth-order valence-corrected chi connectivity index (χ4v) is 3.24. The first-order valence-electron chi connectivity index (χ1n) is 7.60. The third-order valence-corrected chi connectivity index (χ3v) is 4.35. The standard InChI is InChI=1S/C16H20N2O4/c1-11(19)13-14(12-5-4-10-22-12)18(16(21)15(13)20)9-8-17-6-2-3-7-17/h4-5,10,14,20H,2-3,6-9H2,1H3. The minimum absolute atomic E-state index is 0.126. The van der Waals surface area contributed by atoms with Crippen LogP contribution in [0.25, 0.3) is 0 Å². The molecule has 2 aliphatic heterocycles. The number of hydrogen-bond acceptors (Lipinski definition) is 5. The number of carbonyl (C=O) groups is 2. The van der Waals surface area contributed by atoms with Gasteiger partial charge in [-0.3, -0.25) is 9.59 Å². The number of rotatable bonds is 5. The maximum absolute atomic E-state index is 12.3. The number of likely N-dealkylation sites (tertiary alicyclic amines) is 1. The summed E-state index contributed by atoms with van der Waals surface area (Å²) in [7, 11) is 0. The number of aliphatic hydroxyl groups excluding tert-OH is 1. The minimum Gasteiger partial charge on any atom is -0.503 e. The molecule has 1 saturated heterocycles. The van der Waals surface area contributed by atoms with Gasteiger partial charge in [0.05, 0.1) is 11.8 Å². The van der Waals surface area contributed by atoms with Gasteiger partial charge in [-0.1, -0.05) is 0 Å². The highest BCUT2D eigenvalue weighted by atomic mass is 16.3. The van der Waals surface area contributed by atoms with E-state index in [0.717, 1.165) is 19.6 Å². The number of aliphatic hydroxyl groups is 1. The zero-order valence-corrected chi connectivity index (χ0v) is 12.6. The highest BCUT2D eigenvalue weighted by Crippen LogP contribution is 2.37. The molecule has 1 N–H and O–H groups in total. The van der Waals surface area contributed by atoms with Crippen LogP contribution in [0.15, 0.2) is 34.1 Å². The van der Waals surface area contributed by atoms with E-state index in [1.165, 1.54) is 30.9 Å². The fourth-order valence-electron chi connectivity index (χ4n) is 3.24. The van der Waals surface area contributed by atoms with Crippen LogP contribution in [-0.2, 0) is 9.59 Å². The number of hydrogen-bond donors (Lipinski definition) is 1. The summed E-state index contributed by atoms with van der Waals surface area (Å²) in [5, 5.41) is 10.1. The molecule has 0 bridgehead atoms. The molecule has 0 aliphatic carbocycles. The lowest BCUT2D eigenvalue weighted by Crippen LogP contribution is -2.37. The lowest BCUT2D eigenvalue weighted by atomic mass is 10.0. The van der Waals surface area contributed by atoms with Crippen LogP contribution in [0.4, 0.5) is 0 Å². The first-order chi connectivity index (χ1) is 10.6. The van der Waals surface area contributed by atoms with Crippen LogP contribution in [0.5, 0.6) is 0 Å². The Bertz CT molecular complexity index is 600. The van der Waals surface area contributed by atoms with Crippen molar-refractivity contribution >= 4 is 11.7 Å². The van der Waals surface area contributed by atoms with E-state index >= 15 is 0 Å². The molecule has 1 amide bonds. The minimum atomic E-state index is -0.623. The number of ketones is 1. The topological polar surface area (TPSA) is 74.0 Å². The first kappa shape index (κ1) is 14.8. The normalized spacial score (nSPS) is 22.9. The van der Waals surface area contributed by atoms with Crippen LogP contribution in [0.2, 0.25) is 0 Å². The Morgan fingerprint density at radius 1 is 1.36 bits per heavy atom. The molecule has 1 aromatic rings. The molecule has 3 rings (SSSR count). The van der Waals surface area contributed by atoms with Crippen molar-refractivity contribution in [3.05, 3.63) is 35.5 Å². The van der Waals surface area contributed by atoms with Crippen LogP contribution in [-0.4, -0.2) is 52.8 Å². The molecule has 6 heteroatoms. The van der Waals surface area contributed by atoms with Crippen molar-refractivity contribution in [2.75, 3.05) is 26.2 Å². The molecule has 1 fully saturated rings. The van der Waals surface area contributed by atoms with E-state index < -0.39 is 17.7 Å². The van der Waals surface area contributed by atoms with Crippen LogP contribution >= 0.6 is 0 Å². The van der Waals surface area contributed by atoms with Crippen LogP contribution in [0, 0.1) is 0 Å². The van der Waals surface area contributed by atoms with Crippen LogP contribution < -0.4 is 0 Å². The molecular formula is C16H20N2O4. The van der Waals surface area contributed by atoms with Crippen molar-refractivity contribution in [3.8, 4) is 0 Å². The van der Waals surface area contributed by atoms with E-state index in [9.17, 15) is 14.7 Å². The van der Waals surface area contributed by atoms with Crippen molar-refractivity contribution in [3.63, 3.8) is 0 Å². The van der Waals surface area contributed by atoms with E-state index in [0.29, 0.717) is 12.3 Å². The van der Waals surface area contributed by atoms with E-state index in [1.807, 2.05) is 0 Å². The van der Waals surface area contributed by atoms with Gasteiger partial charge in [0.25, 0.3) is 5.91 Å². The highest BCUT2D eigenvalue weighted by Gasteiger charge is 2.43. The third-order valence-electron chi connectivity index (χ3n) is 4.35. The van der Waals surface area contributed by atoms with Crippen molar-refractivity contribution < 1.29 is 19.1 Å². The Morgan fingerprint density at radius 2 is 2.09 bits per heavy atom. The third kappa shape index (κ3) is 2.54. The van der Waals surface area contributed by atoms with Gasteiger partial charge in [-0.25, -0.2) is 0 Å². The second-order valence-corrected chi connectivity index (χ2v) is 5.78. The zero-order chi connectivity index (χ0) is 15.7. The highest BCUT2D eigenvalue weighted by molar-refractivity contribution is 6.07. The summed E-state index contributed by atoms with van der Waals surface area (Å²) in [4.78, 5) is 28.0. The summed E-state index contributed by atoms with van der Waals surface area (Å²) < 4.78 is 5.39. The van der Waals surface area contributed by atoms with Crippen LogP contribution in [0.1, 0.15) is 31.6 Å². The largest absolute Gasteiger partial charge is 0.503 e. The van der Waals surface area contributed by atoms with Crippen molar-refractivity contribution in [2.24, 2.45) is 0 Å². The summed E-state index contributed by atoms with van der Waals surface area (Å²) >= 11 is 0. The first-order valence-corrected chi connectivity index (χ1v) is 7.60. The van der Waals surface area contributed by atoms with Gasteiger partial charge in [-0.05, 0) is 45.0 Å². The second kappa shape index (κ2) is 5.96. The average Bonchev–Trinajstić information content (AvgIpc) is 3.20. The molecule has 6 nitrogen and oxygen atoms in total. The zero-order valence-electron chi connectivity index (χ0n) is 12.6. The number of Topliss-reactive ketones (excluding diaryl/α,β-unsaturated/α-hetero) is 1. The van der Waals surface area contributed by atoms with Crippen molar-refractivity contribution in [1.29, 1.82) is 0 Å². The van der Waals surface area contributed by atoms with Gasteiger partial charge >= 0.3 is 0 Å². The Labute approximate surface area is 129 Å². The molecule has 0 aromatic carbocycles. The Hall–Kier alpha value is -2.08. The van der Waals surface area contributed by atoms with Crippen molar-refractivity contribution in [2.45, 2.75) is 25.8 Å². The van der Waals surface area contributed by atoms with E-state index in [-0.39, 0.29) is 11.4 Å². The second-order valence-electron chi connectivity index (χ2n) is 5.78. The van der Waals surface area contributed by atoms with Crippen LogP contribution in [0.3, 0.4) is 0 Å². The quantitative estimate of drug-likeness (QED) is 0.895. The summed E-state index contributed by atoms with van der Waals surface area (Å²) in [5.41, 5.74) is 0.126. The smallest absolute Gasteiger partial charge is 0.290 e. The molecule has 3 heterocycles.